The highest BCUT2D eigenvalue weighted by molar-refractivity contribution is 6.28. The summed E-state index contributed by atoms with van der Waals surface area (Å²) in [6.45, 7) is 2.41. The maximum absolute atomic E-state index is 6.53. The average molecular weight is 688 g/mol. The van der Waals surface area contributed by atoms with Crippen molar-refractivity contribution in [1.29, 1.82) is 0 Å². The number of anilines is 9. The standard InChI is InChI=1S/C36H34ClN11O2/c1-49-29-17-13-25(14-18-29)38-32-42-33(39-26-15-19-30(50-2)20-16-26)44-35(43-32)47-23-21-46(22-24-47)34-40-31(37)41-36(45-34)48(27-9-5-3-6-10-27)28-11-7-4-8-12-28/h3-20H,21-24H2,1-2H3,(H2,38,39,42,43,44). The van der Waals surface area contributed by atoms with E-state index in [1.807, 2.05) is 114 Å². The summed E-state index contributed by atoms with van der Waals surface area (Å²) in [4.78, 5) is 34.4. The van der Waals surface area contributed by atoms with Gasteiger partial charge in [-0.15, -0.1) is 0 Å². The van der Waals surface area contributed by atoms with Crippen molar-refractivity contribution in [3.8, 4) is 11.5 Å². The predicted octanol–water partition coefficient (Wildman–Crippen LogP) is 7.01. The summed E-state index contributed by atoms with van der Waals surface area (Å²) in [5.41, 5.74) is 3.44. The third-order valence-electron chi connectivity index (χ3n) is 7.97. The summed E-state index contributed by atoms with van der Waals surface area (Å²) in [5.74, 6) is 3.76. The zero-order chi connectivity index (χ0) is 34.3. The molecule has 2 N–H and O–H groups in total. The van der Waals surface area contributed by atoms with Crippen molar-refractivity contribution in [2.45, 2.75) is 0 Å². The van der Waals surface area contributed by atoms with Crippen molar-refractivity contribution in [2.75, 3.05) is 65.7 Å². The van der Waals surface area contributed by atoms with Gasteiger partial charge in [-0.05, 0) is 84.4 Å². The quantitative estimate of drug-likeness (QED) is 0.145. The zero-order valence-electron chi connectivity index (χ0n) is 27.4. The number of hydrogen-bond acceptors (Lipinski definition) is 13. The van der Waals surface area contributed by atoms with Gasteiger partial charge in [-0.25, -0.2) is 0 Å². The molecule has 1 aliphatic rings. The Bertz CT molecular complexity index is 1910. The molecule has 13 nitrogen and oxygen atoms in total. The summed E-state index contributed by atoms with van der Waals surface area (Å²) in [6.07, 6.45) is 0. The first-order chi connectivity index (χ1) is 24.5. The largest absolute Gasteiger partial charge is 0.497 e. The summed E-state index contributed by atoms with van der Waals surface area (Å²) in [5, 5.41) is 6.72. The van der Waals surface area contributed by atoms with Gasteiger partial charge in [-0.3, -0.25) is 4.90 Å². The van der Waals surface area contributed by atoms with Crippen molar-refractivity contribution in [1.82, 2.24) is 29.9 Å². The molecule has 6 aromatic rings. The van der Waals surface area contributed by atoms with Crippen LogP contribution in [0.3, 0.4) is 0 Å². The lowest BCUT2D eigenvalue weighted by Crippen LogP contribution is -2.48. The van der Waals surface area contributed by atoms with Crippen LogP contribution in [0.15, 0.2) is 109 Å². The second kappa shape index (κ2) is 14.9. The number of hydrogen-bond donors (Lipinski definition) is 2. The van der Waals surface area contributed by atoms with E-state index in [9.17, 15) is 0 Å². The van der Waals surface area contributed by atoms with E-state index < -0.39 is 0 Å². The van der Waals surface area contributed by atoms with Crippen molar-refractivity contribution in [3.63, 3.8) is 0 Å². The van der Waals surface area contributed by atoms with Crippen molar-refractivity contribution < 1.29 is 9.47 Å². The lowest BCUT2D eigenvalue weighted by Gasteiger charge is -2.35. The van der Waals surface area contributed by atoms with Gasteiger partial charge in [0, 0.05) is 48.9 Å². The van der Waals surface area contributed by atoms with Crippen LogP contribution in [0, 0.1) is 0 Å². The minimum atomic E-state index is 0.116. The molecule has 0 radical (unpaired) electrons. The van der Waals surface area contributed by atoms with E-state index in [1.165, 1.54) is 0 Å². The molecule has 0 unspecified atom stereocenters. The van der Waals surface area contributed by atoms with E-state index in [-0.39, 0.29) is 5.28 Å². The van der Waals surface area contributed by atoms with Crippen molar-refractivity contribution in [3.05, 3.63) is 114 Å². The molecule has 252 valence electrons. The number of nitrogens with one attached hydrogen (secondary N) is 2. The van der Waals surface area contributed by atoms with Crippen LogP contribution in [0.1, 0.15) is 0 Å². The molecule has 0 atom stereocenters. The lowest BCUT2D eigenvalue weighted by molar-refractivity contribution is 0.415. The van der Waals surface area contributed by atoms with Gasteiger partial charge in [0.15, 0.2) is 0 Å². The van der Waals surface area contributed by atoms with E-state index >= 15 is 0 Å². The first-order valence-corrected chi connectivity index (χ1v) is 16.3. The number of rotatable bonds is 11. The number of halogens is 1. The smallest absolute Gasteiger partial charge is 0.240 e. The van der Waals surface area contributed by atoms with E-state index in [4.69, 9.17) is 36.0 Å². The number of nitrogens with zero attached hydrogens (tertiary/aromatic N) is 9. The SMILES string of the molecule is COc1ccc(Nc2nc(Nc3ccc(OC)cc3)nc(N3CCN(c4nc(Cl)nc(N(c5ccccc5)c5ccccc5)n4)CC3)n2)cc1. The van der Waals surface area contributed by atoms with E-state index in [0.717, 1.165) is 34.2 Å². The van der Waals surface area contributed by atoms with Gasteiger partial charge in [0.25, 0.3) is 0 Å². The van der Waals surface area contributed by atoms with E-state index in [2.05, 4.69) is 35.4 Å². The maximum atomic E-state index is 6.53. The fourth-order valence-corrected chi connectivity index (χ4v) is 5.59. The number of ether oxygens (including phenoxy) is 2. The third-order valence-corrected chi connectivity index (χ3v) is 8.14. The molecule has 2 aromatic heterocycles. The van der Waals surface area contributed by atoms with Crippen LogP contribution in [0.4, 0.5) is 52.5 Å². The molecule has 0 amide bonds. The fraction of sp³-hybridized carbons (Fsp3) is 0.167. The van der Waals surface area contributed by atoms with Gasteiger partial charge in [-0.1, -0.05) is 36.4 Å². The summed E-state index contributed by atoms with van der Waals surface area (Å²) in [7, 11) is 3.27. The van der Waals surface area contributed by atoms with Crippen LogP contribution in [-0.2, 0) is 0 Å². The van der Waals surface area contributed by atoms with Gasteiger partial charge in [0.2, 0.25) is 35.0 Å². The fourth-order valence-electron chi connectivity index (χ4n) is 5.44. The molecule has 1 aliphatic heterocycles. The van der Waals surface area contributed by atoms with Crippen LogP contribution < -0.4 is 34.8 Å². The third kappa shape index (κ3) is 7.58. The molecule has 0 spiro atoms. The molecular weight excluding hydrogens is 654 g/mol. The minimum absolute atomic E-state index is 0.116. The van der Waals surface area contributed by atoms with Gasteiger partial charge < -0.3 is 29.9 Å². The second-order valence-corrected chi connectivity index (χ2v) is 11.5. The normalized spacial score (nSPS) is 12.7. The number of aromatic nitrogens is 6. The Morgan fingerprint density at radius 2 is 0.980 bits per heavy atom. The van der Waals surface area contributed by atoms with Crippen LogP contribution in [0.25, 0.3) is 0 Å². The van der Waals surface area contributed by atoms with Crippen LogP contribution in [-0.4, -0.2) is 70.3 Å². The van der Waals surface area contributed by atoms with Crippen molar-refractivity contribution in [2.24, 2.45) is 0 Å². The molecule has 50 heavy (non-hydrogen) atoms. The Balaban J connectivity index is 1.13. The van der Waals surface area contributed by atoms with E-state index in [0.29, 0.717) is 55.9 Å². The Kier molecular flexibility index (Phi) is 9.65. The Morgan fingerprint density at radius 1 is 0.540 bits per heavy atom. The van der Waals surface area contributed by atoms with Gasteiger partial charge in [0.05, 0.1) is 14.2 Å². The Morgan fingerprint density at radius 3 is 1.42 bits per heavy atom. The number of piperazine rings is 1. The Labute approximate surface area is 294 Å². The molecule has 4 aromatic carbocycles. The minimum Gasteiger partial charge on any atom is -0.497 e. The number of benzene rings is 4. The molecule has 3 heterocycles. The molecule has 1 saturated heterocycles. The summed E-state index contributed by atoms with van der Waals surface area (Å²) >= 11 is 6.53. The molecular formula is C36H34ClN11O2. The Hall–Kier alpha value is -6.21. The monoisotopic (exact) mass is 687 g/mol. The molecule has 0 saturated carbocycles. The summed E-state index contributed by atoms with van der Waals surface area (Å²) < 4.78 is 10.6. The van der Waals surface area contributed by atoms with Crippen LogP contribution in [0.2, 0.25) is 5.28 Å². The van der Waals surface area contributed by atoms with Gasteiger partial charge in [-0.2, -0.15) is 29.9 Å². The second-order valence-electron chi connectivity index (χ2n) is 11.2. The predicted molar refractivity (Wildman–Crippen MR) is 196 cm³/mol. The maximum Gasteiger partial charge on any atom is 0.240 e. The molecule has 0 bridgehead atoms. The van der Waals surface area contributed by atoms with Crippen LogP contribution >= 0.6 is 11.6 Å². The highest BCUT2D eigenvalue weighted by Crippen LogP contribution is 2.33. The van der Waals surface area contributed by atoms with Crippen molar-refractivity contribution >= 4 is 64.1 Å². The topological polar surface area (TPSA) is 130 Å². The first kappa shape index (κ1) is 32.3. The summed E-state index contributed by atoms with van der Waals surface area (Å²) in [6, 6.07) is 35.0. The van der Waals surface area contributed by atoms with Crippen LogP contribution in [0.5, 0.6) is 11.5 Å². The molecule has 1 fully saturated rings. The highest BCUT2D eigenvalue weighted by Gasteiger charge is 2.25. The van der Waals surface area contributed by atoms with Gasteiger partial charge in [0.1, 0.15) is 11.5 Å². The lowest BCUT2D eigenvalue weighted by atomic mass is 10.2. The molecule has 7 rings (SSSR count). The zero-order valence-corrected chi connectivity index (χ0v) is 28.2. The molecule has 0 aliphatic carbocycles. The van der Waals surface area contributed by atoms with Gasteiger partial charge >= 0.3 is 0 Å². The number of para-hydroxylation sites is 2. The number of methoxy groups -OCH3 is 2. The highest BCUT2D eigenvalue weighted by atomic mass is 35.5. The average Bonchev–Trinajstić information content (AvgIpc) is 3.16. The van der Waals surface area contributed by atoms with E-state index in [1.54, 1.807) is 14.2 Å². The first-order valence-electron chi connectivity index (χ1n) is 15.9. The molecule has 14 heteroatoms.